The summed E-state index contributed by atoms with van der Waals surface area (Å²) in [6, 6.07) is 6.01. The van der Waals surface area contributed by atoms with Gasteiger partial charge in [0.2, 0.25) is 0 Å². The average Bonchev–Trinajstić information content (AvgIpc) is 2.97. The van der Waals surface area contributed by atoms with Crippen LogP contribution in [0.2, 0.25) is 0 Å². The van der Waals surface area contributed by atoms with Gasteiger partial charge < -0.3 is 25.0 Å². The Labute approximate surface area is 168 Å². The highest BCUT2D eigenvalue weighted by Crippen LogP contribution is 2.40. The monoisotopic (exact) mass is 385 g/mol. The predicted molar refractivity (Wildman–Crippen MR) is 113 cm³/mol. The molecular formula is C21H31N5O2. The third-order valence-corrected chi connectivity index (χ3v) is 5.03. The lowest BCUT2D eigenvalue weighted by Gasteiger charge is -2.28. The average molecular weight is 386 g/mol. The first-order chi connectivity index (χ1) is 13.6. The van der Waals surface area contributed by atoms with E-state index >= 15 is 0 Å². The van der Waals surface area contributed by atoms with Crippen LogP contribution in [0.15, 0.2) is 22.7 Å². The zero-order valence-corrected chi connectivity index (χ0v) is 17.2. The summed E-state index contributed by atoms with van der Waals surface area (Å²) in [6.45, 7) is 11.0. The molecule has 28 heavy (non-hydrogen) atoms. The number of nitriles is 1. The van der Waals surface area contributed by atoms with E-state index in [0.29, 0.717) is 29.3 Å². The van der Waals surface area contributed by atoms with Crippen molar-refractivity contribution in [3.63, 3.8) is 0 Å². The van der Waals surface area contributed by atoms with Crippen LogP contribution in [0.4, 0.5) is 5.69 Å². The van der Waals surface area contributed by atoms with E-state index < -0.39 is 0 Å². The maximum Gasteiger partial charge on any atom is 0.162 e. The number of benzene rings is 1. The van der Waals surface area contributed by atoms with Gasteiger partial charge in [-0.3, -0.25) is 4.99 Å². The van der Waals surface area contributed by atoms with Crippen LogP contribution >= 0.6 is 0 Å². The van der Waals surface area contributed by atoms with Gasteiger partial charge in [-0.2, -0.15) is 5.26 Å². The number of nitrogens with zero attached hydrogens (tertiary/aromatic N) is 4. The summed E-state index contributed by atoms with van der Waals surface area (Å²) >= 11 is 0. The zero-order chi connectivity index (χ0) is 20.5. The van der Waals surface area contributed by atoms with Crippen molar-refractivity contribution in [3.8, 4) is 17.6 Å². The van der Waals surface area contributed by atoms with Gasteiger partial charge in [-0.1, -0.05) is 0 Å². The molecule has 0 spiro atoms. The Morgan fingerprint density at radius 3 is 2.54 bits per heavy atom. The molecule has 7 heteroatoms. The predicted octanol–water partition coefficient (Wildman–Crippen LogP) is 2.65. The molecule has 0 amide bonds. The Morgan fingerprint density at radius 1 is 1.21 bits per heavy atom. The van der Waals surface area contributed by atoms with Crippen LogP contribution in [-0.2, 0) is 0 Å². The molecule has 152 valence electrons. The molecule has 0 aliphatic carbocycles. The van der Waals surface area contributed by atoms with Crippen molar-refractivity contribution >= 4 is 18.1 Å². The maximum absolute atomic E-state index is 9.67. The van der Waals surface area contributed by atoms with E-state index in [4.69, 9.17) is 15.2 Å². The lowest BCUT2D eigenvalue weighted by Crippen LogP contribution is -2.31. The van der Waals surface area contributed by atoms with Crippen LogP contribution in [0.5, 0.6) is 11.5 Å². The van der Waals surface area contributed by atoms with Gasteiger partial charge in [-0.25, -0.2) is 0 Å². The molecule has 1 aliphatic heterocycles. The lowest BCUT2D eigenvalue weighted by molar-refractivity contribution is 0.282. The van der Waals surface area contributed by atoms with E-state index in [-0.39, 0.29) is 0 Å². The SMILES string of the molecule is C=Nc1cc(OC)c(OC)cc1/C(=C(\C)C#N)N1CCCN(CCCN)CC1. The summed E-state index contributed by atoms with van der Waals surface area (Å²) in [4.78, 5) is 8.90. The fourth-order valence-corrected chi connectivity index (χ4v) is 3.58. The van der Waals surface area contributed by atoms with Gasteiger partial charge in [0.1, 0.15) is 0 Å². The molecule has 1 fully saturated rings. The number of rotatable bonds is 8. The molecule has 0 bridgehead atoms. The van der Waals surface area contributed by atoms with Crippen LogP contribution < -0.4 is 15.2 Å². The second-order valence-electron chi connectivity index (χ2n) is 6.79. The highest BCUT2D eigenvalue weighted by molar-refractivity contribution is 5.80. The lowest BCUT2D eigenvalue weighted by atomic mass is 10.0. The molecule has 0 radical (unpaired) electrons. The molecule has 1 heterocycles. The fraction of sp³-hybridized carbons (Fsp3) is 0.524. The smallest absolute Gasteiger partial charge is 0.162 e. The summed E-state index contributed by atoms with van der Waals surface area (Å²) in [5.41, 5.74) is 8.69. The second-order valence-corrected chi connectivity index (χ2v) is 6.79. The minimum Gasteiger partial charge on any atom is -0.493 e. The molecule has 7 nitrogen and oxygen atoms in total. The number of hydrogen-bond donors (Lipinski definition) is 1. The molecule has 0 aromatic heterocycles. The summed E-state index contributed by atoms with van der Waals surface area (Å²) < 4.78 is 10.9. The molecule has 0 saturated carbocycles. The first-order valence-corrected chi connectivity index (χ1v) is 9.61. The molecule has 0 atom stereocenters. The van der Waals surface area contributed by atoms with Crippen LogP contribution in [-0.4, -0.2) is 70.0 Å². The maximum atomic E-state index is 9.67. The van der Waals surface area contributed by atoms with Crippen molar-refractivity contribution < 1.29 is 9.47 Å². The van der Waals surface area contributed by atoms with E-state index in [2.05, 4.69) is 27.6 Å². The van der Waals surface area contributed by atoms with E-state index in [1.807, 2.05) is 13.0 Å². The van der Waals surface area contributed by atoms with Gasteiger partial charge in [0.15, 0.2) is 11.5 Å². The second kappa shape index (κ2) is 10.7. The summed E-state index contributed by atoms with van der Waals surface area (Å²) in [5.74, 6) is 1.19. The van der Waals surface area contributed by atoms with Crippen LogP contribution in [0, 0.1) is 11.3 Å². The van der Waals surface area contributed by atoms with Gasteiger partial charge >= 0.3 is 0 Å². The van der Waals surface area contributed by atoms with E-state index in [0.717, 1.165) is 56.8 Å². The van der Waals surface area contributed by atoms with Crippen LogP contribution in [0.25, 0.3) is 5.70 Å². The van der Waals surface area contributed by atoms with Gasteiger partial charge in [0.05, 0.1) is 37.2 Å². The molecule has 2 rings (SSSR count). The molecule has 0 unspecified atom stereocenters. The molecule has 1 aromatic rings. The fourth-order valence-electron chi connectivity index (χ4n) is 3.58. The van der Waals surface area contributed by atoms with E-state index in [1.165, 1.54) is 0 Å². The number of hydrogen-bond acceptors (Lipinski definition) is 7. The topological polar surface area (TPSA) is 87.1 Å². The van der Waals surface area contributed by atoms with Crippen molar-refractivity contribution in [2.75, 3.05) is 53.5 Å². The molecule has 2 N–H and O–H groups in total. The molecule has 1 saturated heterocycles. The van der Waals surface area contributed by atoms with Crippen molar-refractivity contribution in [1.82, 2.24) is 9.80 Å². The Morgan fingerprint density at radius 2 is 1.93 bits per heavy atom. The quantitative estimate of drug-likeness (QED) is 0.547. The van der Waals surface area contributed by atoms with Crippen molar-refractivity contribution in [2.24, 2.45) is 10.7 Å². The van der Waals surface area contributed by atoms with Crippen LogP contribution in [0.3, 0.4) is 0 Å². The number of ether oxygens (including phenoxy) is 2. The van der Waals surface area contributed by atoms with Gasteiger partial charge in [0.25, 0.3) is 0 Å². The Kier molecular flexibility index (Phi) is 8.30. The van der Waals surface area contributed by atoms with Crippen molar-refractivity contribution in [3.05, 3.63) is 23.3 Å². The third-order valence-electron chi connectivity index (χ3n) is 5.03. The number of nitrogens with two attached hydrogens (primary N) is 1. The Hall–Kier alpha value is -2.56. The Balaban J connectivity index is 2.43. The highest BCUT2D eigenvalue weighted by Gasteiger charge is 2.23. The minimum absolute atomic E-state index is 0.589. The standard InChI is InChI=1S/C21H31N5O2/c1-16(15-23)21(26-10-6-9-25(11-12-26)8-5-7-22)17-13-19(27-3)20(28-4)14-18(17)24-2/h13-14H,2,5-12,22H2,1,3-4H3/b21-16-. The van der Waals surface area contributed by atoms with Gasteiger partial charge in [-0.05, 0) is 52.2 Å². The summed E-state index contributed by atoms with van der Waals surface area (Å²) in [7, 11) is 3.19. The van der Waals surface area contributed by atoms with Crippen LogP contribution in [0.1, 0.15) is 25.3 Å². The van der Waals surface area contributed by atoms with E-state index in [1.54, 1.807) is 20.3 Å². The van der Waals surface area contributed by atoms with Gasteiger partial charge in [-0.15, -0.1) is 0 Å². The minimum atomic E-state index is 0.589. The van der Waals surface area contributed by atoms with E-state index in [9.17, 15) is 5.26 Å². The first kappa shape index (κ1) is 21.7. The van der Waals surface area contributed by atoms with Gasteiger partial charge in [0, 0.05) is 31.3 Å². The number of allylic oxidation sites excluding steroid dienone is 1. The zero-order valence-electron chi connectivity index (χ0n) is 17.2. The Bertz CT molecular complexity index is 754. The molecule has 1 aromatic carbocycles. The number of aliphatic imine (C=N–C) groups is 1. The normalized spacial score (nSPS) is 16.0. The van der Waals surface area contributed by atoms with Crippen molar-refractivity contribution in [2.45, 2.75) is 19.8 Å². The molecular weight excluding hydrogens is 354 g/mol. The van der Waals surface area contributed by atoms with Crippen molar-refractivity contribution in [1.29, 1.82) is 5.26 Å². The largest absolute Gasteiger partial charge is 0.493 e. The first-order valence-electron chi connectivity index (χ1n) is 9.61. The molecule has 1 aliphatic rings. The third kappa shape index (κ3) is 5.03. The number of methoxy groups -OCH3 is 2. The highest BCUT2D eigenvalue weighted by atomic mass is 16.5. The summed E-state index contributed by atoms with van der Waals surface area (Å²) in [6.07, 6.45) is 2.02. The summed E-state index contributed by atoms with van der Waals surface area (Å²) in [5, 5.41) is 9.67.